The van der Waals surface area contributed by atoms with Crippen LogP contribution in [0.15, 0.2) is 47.1 Å². The van der Waals surface area contributed by atoms with Gasteiger partial charge in [-0.2, -0.15) is 0 Å². The van der Waals surface area contributed by atoms with Gasteiger partial charge in [0.1, 0.15) is 11.5 Å². The minimum Gasteiger partial charge on any atom is -0.508 e. The molecule has 1 aromatic rings. The Bertz CT molecular complexity index is 630. The number of allylic oxidation sites excluding steroid dienone is 6. The molecule has 0 fully saturated rings. The molecule has 2 nitrogen and oxygen atoms in total. The largest absolute Gasteiger partial charge is 0.508 e. The van der Waals surface area contributed by atoms with E-state index in [0.717, 1.165) is 43.2 Å². The molecular weight excluding hydrogens is 296 g/mol. The molecule has 2 heteroatoms. The predicted molar refractivity (Wildman–Crippen MR) is 104 cm³/mol. The molecule has 0 saturated heterocycles. The van der Waals surface area contributed by atoms with Crippen molar-refractivity contribution in [2.24, 2.45) is 0 Å². The summed E-state index contributed by atoms with van der Waals surface area (Å²) in [5.41, 5.74) is 5.99. The van der Waals surface area contributed by atoms with Crippen LogP contribution in [0.3, 0.4) is 0 Å². The fourth-order valence-electron chi connectivity index (χ4n) is 2.58. The maximum atomic E-state index is 9.76. The van der Waals surface area contributed by atoms with E-state index < -0.39 is 0 Å². The van der Waals surface area contributed by atoms with E-state index in [4.69, 9.17) is 0 Å². The maximum Gasteiger partial charge on any atom is 0.122 e. The molecule has 1 aromatic carbocycles. The lowest BCUT2D eigenvalue weighted by Gasteiger charge is -2.07. The molecule has 0 atom stereocenters. The molecule has 24 heavy (non-hydrogen) atoms. The number of benzene rings is 1. The van der Waals surface area contributed by atoms with Crippen molar-refractivity contribution in [3.8, 4) is 11.5 Å². The molecule has 0 amide bonds. The van der Waals surface area contributed by atoms with Gasteiger partial charge in [0, 0.05) is 6.07 Å². The summed E-state index contributed by atoms with van der Waals surface area (Å²) in [6, 6.07) is 3.12. The summed E-state index contributed by atoms with van der Waals surface area (Å²) in [7, 11) is 0. The Morgan fingerprint density at radius 1 is 0.875 bits per heavy atom. The Hall–Kier alpha value is -1.96. The lowest BCUT2D eigenvalue weighted by atomic mass is 10.0. The average molecular weight is 328 g/mol. The van der Waals surface area contributed by atoms with Crippen molar-refractivity contribution in [2.45, 2.75) is 66.7 Å². The van der Waals surface area contributed by atoms with Crippen molar-refractivity contribution in [3.05, 3.63) is 58.2 Å². The molecule has 0 bridgehead atoms. The molecule has 0 aliphatic rings. The Morgan fingerprint density at radius 3 is 2.08 bits per heavy atom. The minimum atomic E-state index is 0.120. The summed E-state index contributed by atoms with van der Waals surface area (Å²) >= 11 is 0. The molecule has 0 spiro atoms. The van der Waals surface area contributed by atoms with Crippen LogP contribution in [0.5, 0.6) is 11.5 Å². The SMILES string of the molecule is CC(C)=CCCC(C)=CCCC(C)=CCc1cc(O)cc(O)c1C. The van der Waals surface area contributed by atoms with Gasteiger partial charge in [-0.25, -0.2) is 0 Å². The number of phenols is 2. The molecule has 1 rings (SSSR count). The zero-order valence-electron chi connectivity index (χ0n) is 15.8. The van der Waals surface area contributed by atoms with E-state index in [-0.39, 0.29) is 11.5 Å². The number of aromatic hydroxyl groups is 2. The van der Waals surface area contributed by atoms with Crippen LogP contribution in [-0.4, -0.2) is 10.2 Å². The highest BCUT2D eigenvalue weighted by Gasteiger charge is 2.05. The molecule has 0 saturated carbocycles. The predicted octanol–water partition coefficient (Wildman–Crippen LogP) is 6.37. The Morgan fingerprint density at radius 2 is 1.46 bits per heavy atom. The maximum absolute atomic E-state index is 9.76. The molecular formula is C22H32O2. The van der Waals surface area contributed by atoms with Gasteiger partial charge in [0.15, 0.2) is 0 Å². The second kappa shape index (κ2) is 10.0. The summed E-state index contributed by atoms with van der Waals surface area (Å²) in [5.74, 6) is 0.278. The van der Waals surface area contributed by atoms with Crippen LogP contribution in [0.25, 0.3) is 0 Å². The quantitative estimate of drug-likeness (QED) is 0.544. The monoisotopic (exact) mass is 328 g/mol. The lowest BCUT2D eigenvalue weighted by Crippen LogP contribution is -1.89. The van der Waals surface area contributed by atoms with Crippen LogP contribution < -0.4 is 0 Å². The first-order chi connectivity index (χ1) is 11.3. The van der Waals surface area contributed by atoms with E-state index in [0.29, 0.717) is 0 Å². The van der Waals surface area contributed by atoms with E-state index in [1.54, 1.807) is 6.07 Å². The number of phenolic OH excluding ortho intramolecular Hbond substituents is 2. The fraction of sp³-hybridized carbons (Fsp3) is 0.455. The number of hydrogen-bond donors (Lipinski definition) is 2. The molecule has 0 heterocycles. The second-order valence-corrected chi connectivity index (χ2v) is 6.91. The van der Waals surface area contributed by atoms with E-state index in [1.807, 2.05) is 6.92 Å². The van der Waals surface area contributed by atoms with E-state index in [2.05, 4.69) is 45.9 Å². The van der Waals surface area contributed by atoms with Crippen molar-refractivity contribution in [1.82, 2.24) is 0 Å². The van der Waals surface area contributed by atoms with E-state index in [9.17, 15) is 10.2 Å². The highest BCUT2D eigenvalue weighted by atomic mass is 16.3. The zero-order valence-corrected chi connectivity index (χ0v) is 15.8. The molecule has 0 unspecified atom stereocenters. The third-order valence-electron chi connectivity index (χ3n) is 4.27. The molecule has 0 radical (unpaired) electrons. The first-order valence-electron chi connectivity index (χ1n) is 8.75. The van der Waals surface area contributed by atoms with Crippen molar-refractivity contribution >= 4 is 0 Å². The van der Waals surface area contributed by atoms with Crippen molar-refractivity contribution in [2.75, 3.05) is 0 Å². The highest BCUT2D eigenvalue weighted by Crippen LogP contribution is 2.27. The molecule has 2 N–H and O–H groups in total. The van der Waals surface area contributed by atoms with Gasteiger partial charge < -0.3 is 10.2 Å². The van der Waals surface area contributed by atoms with Crippen molar-refractivity contribution in [1.29, 1.82) is 0 Å². The first-order valence-corrected chi connectivity index (χ1v) is 8.75. The Labute approximate surface area is 147 Å². The summed E-state index contributed by atoms with van der Waals surface area (Å²) in [4.78, 5) is 0. The lowest BCUT2D eigenvalue weighted by molar-refractivity contribution is 0.446. The van der Waals surface area contributed by atoms with Crippen LogP contribution >= 0.6 is 0 Å². The van der Waals surface area contributed by atoms with Crippen LogP contribution in [0.4, 0.5) is 0 Å². The highest BCUT2D eigenvalue weighted by molar-refractivity contribution is 5.45. The first kappa shape index (κ1) is 20.1. The van der Waals surface area contributed by atoms with Gasteiger partial charge in [0.25, 0.3) is 0 Å². The standard InChI is InChI=1S/C22H32O2/c1-16(2)8-6-9-17(3)10-7-11-18(4)12-13-20-14-21(23)15-22(24)19(20)5/h8,10,12,14-15,23-24H,6-7,9,11,13H2,1-5H3. The van der Waals surface area contributed by atoms with E-state index >= 15 is 0 Å². The third-order valence-corrected chi connectivity index (χ3v) is 4.27. The summed E-state index contributed by atoms with van der Waals surface area (Å²) in [6.45, 7) is 10.5. The van der Waals surface area contributed by atoms with Crippen molar-refractivity contribution < 1.29 is 10.2 Å². The number of hydrogen-bond acceptors (Lipinski definition) is 2. The normalized spacial score (nSPS) is 12.4. The van der Waals surface area contributed by atoms with Gasteiger partial charge in [-0.3, -0.25) is 0 Å². The van der Waals surface area contributed by atoms with Crippen LogP contribution in [0, 0.1) is 6.92 Å². The Balaban J connectivity index is 2.49. The molecule has 132 valence electrons. The van der Waals surface area contributed by atoms with Crippen molar-refractivity contribution in [3.63, 3.8) is 0 Å². The smallest absolute Gasteiger partial charge is 0.122 e. The molecule has 0 aliphatic heterocycles. The number of rotatable bonds is 8. The fourth-order valence-corrected chi connectivity index (χ4v) is 2.58. The van der Waals surface area contributed by atoms with Gasteiger partial charge in [-0.15, -0.1) is 0 Å². The van der Waals surface area contributed by atoms with E-state index in [1.165, 1.54) is 22.8 Å². The molecule has 0 aromatic heterocycles. The molecule has 0 aliphatic carbocycles. The third kappa shape index (κ3) is 7.54. The van der Waals surface area contributed by atoms with Gasteiger partial charge in [-0.1, -0.05) is 34.9 Å². The van der Waals surface area contributed by atoms with Gasteiger partial charge in [0.05, 0.1) is 0 Å². The summed E-state index contributed by atoms with van der Waals surface area (Å²) in [5, 5.41) is 19.4. The Kier molecular flexibility index (Phi) is 8.39. The topological polar surface area (TPSA) is 40.5 Å². The van der Waals surface area contributed by atoms with Gasteiger partial charge in [-0.05, 0) is 83.9 Å². The van der Waals surface area contributed by atoms with Gasteiger partial charge in [0.2, 0.25) is 0 Å². The minimum absolute atomic E-state index is 0.120. The summed E-state index contributed by atoms with van der Waals surface area (Å²) < 4.78 is 0. The zero-order chi connectivity index (χ0) is 18.1. The van der Waals surface area contributed by atoms with Crippen LogP contribution in [0.2, 0.25) is 0 Å². The van der Waals surface area contributed by atoms with Gasteiger partial charge >= 0.3 is 0 Å². The average Bonchev–Trinajstić information content (AvgIpc) is 2.49. The van der Waals surface area contributed by atoms with Crippen LogP contribution in [0.1, 0.15) is 64.5 Å². The van der Waals surface area contributed by atoms with Crippen LogP contribution in [-0.2, 0) is 6.42 Å². The summed E-state index contributed by atoms with van der Waals surface area (Å²) in [6.07, 6.45) is 11.9. The second-order valence-electron chi connectivity index (χ2n) is 6.91.